The highest BCUT2D eigenvalue weighted by atomic mass is 32.1. The summed E-state index contributed by atoms with van der Waals surface area (Å²) in [7, 11) is 0. The molecule has 0 bridgehead atoms. The van der Waals surface area contributed by atoms with Crippen LogP contribution in [0.25, 0.3) is 0 Å². The van der Waals surface area contributed by atoms with Gasteiger partial charge in [0.1, 0.15) is 5.75 Å². The van der Waals surface area contributed by atoms with Crippen LogP contribution in [0.3, 0.4) is 0 Å². The average Bonchev–Trinajstić information content (AvgIpc) is 2.39. The van der Waals surface area contributed by atoms with Crippen LogP contribution in [-0.2, 0) is 0 Å². The van der Waals surface area contributed by atoms with Gasteiger partial charge in [0.2, 0.25) is 0 Å². The summed E-state index contributed by atoms with van der Waals surface area (Å²) in [4.78, 5) is 0. The number of unbranched alkanes of at least 4 members (excludes halogenated alkanes) is 3. The van der Waals surface area contributed by atoms with Gasteiger partial charge >= 0.3 is 0 Å². The van der Waals surface area contributed by atoms with Crippen LogP contribution >= 0.6 is 12.6 Å². The highest BCUT2D eigenvalue weighted by Crippen LogP contribution is 2.22. The van der Waals surface area contributed by atoms with Crippen molar-refractivity contribution in [3.05, 3.63) is 29.8 Å². The third kappa shape index (κ3) is 5.81. The van der Waals surface area contributed by atoms with Crippen LogP contribution in [-0.4, -0.2) is 12.4 Å². The molecule has 0 aromatic heterocycles. The Kier molecular flexibility index (Phi) is 7.99. The molecule has 2 heteroatoms. The van der Waals surface area contributed by atoms with Crippen LogP contribution < -0.4 is 4.74 Å². The molecular weight excluding hydrogens is 240 g/mol. The minimum atomic E-state index is 0.584. The van der Waals surface area contributed by atoms with E-state index in [1.165, 1.54) is 24.8 Å². The summed E-state index contributed by atoms with van der Waals surface area (Å²) in [6, 6.07) is 8.53. The van der Waals surface area contributed by atoms with Gasteiger partial charge < -0.3 is 4.74 Å². The van der Waals surface area contributed by atoms with Crippen LogP contribution in [0.4, 0.5) is 0 Å². The number of hydrogen-bond acceptors (Lipinski definition) is 2. The second-order valence-corrected chi connectivity index (χ2v) is 5.34. The molecule has 1 aromatic carbocycles. The fourth-order valence-electron chi connectivity index (χ4n) is 1.97. The van der Waals surface area contributed by atoms with Crippen LogP contribution in [0.2, 0.25) is 0 Å². The Morgan fingerprint density at radius 1 is 1.11 bits per heavy atom. The van der Waals surface area contributed by atoms with Gasteiger partial charge in [0.05, 0.1) is 6.61 Å². The Bertz CT molecular complexity index is 307. The van der Waals surface area contributed by atoms with Gasteiger partial charge in [-0.15, -0.1) is 0 Å². The van der Waals surface area contributed by atoms with Gasteiger partial charge in [-0.05, 0) is 42.2 Å². The minimum Gasteiger partial charge on any atom is -0.494 e. The Balaban J connectivity index is 2.31. The predicted molar refractivity (Wildman–Crippen MR) is 83.0 cm³/mol. The molecule has 0 fully saturated rings. The standard InChI is InChI=1S/C16H26OS/c1-3-4-5-6-12-17-16-9-7-15(8-10-16)14(2)11-13-18/h7-10,14,18H,3-6,11-13H2,1-2H3. The fourth-order valence-corrected chi connectivity index (χ4v) is 2.36. The Morgan fingerprint density at radius 2 is 1.83 bits per heavy atom. The SMILES string of the molecule is CCCCCCOc1ccc(C(C)CCS)cc1. The van der Waals surface area contributed by atoms with Gasteiger partial charge in [-0.3, -0.25) is 0 Å². The molecule has 0 amide bonds. The molecule has 0 saturated carbocycles. The number of thiol groups is 1. The normalized spacial score (nSPS) is 12.4. The van der Waals surface area contributed by atoms with E-state index in [9.17, 15) is 0 Å². The lowest BCUT2D eigenvalue weighted by molar-refractivity contribution is 0.305. The monoisotopic (exact) mass is 266 g/mol. The first-order valence-corrected chi connectivity index (χ1v) is 7.74. The molecule has 0 aliphatic heterocycles. The average molecular weight is 266 g/mol. The third-order valence-corrected chi connectivity index (χ3v) is 3.54. The topological polar surface area (TPSA) is 9.23 Å². The van der Waals surface area contributed by atoms with Gasteiger partial charge in [0.15, 0.2) is 0 Å². The fraction of sp³-hybridized carbons (Fsp3) is 0.625. The maximum atomic E-state index is 5.73. The van der Waals surface area contributed by atoms with E-state index in [2.05, 4.69) is 50.7 Å². The maximum absolute atomic E-state index is 5.73. The molecule has 18 heavy (non-hydrogen) atoms. The van der Waals surface area contributed by atoms with Crippen molar-refractivity contribution in [3.63, 3.8) is 0 Å². The van der Waals surface area contributed by atoms with Crippen molar-refractivity contribution in [3.8, 4) is 5.75 Å². The zero-order valence-corrected chi connectivity index (χ0v) is 12.6. The second kappa shape index (κ2) is 9.32. The molecule has 0 spiro atoms. The lowest BCUT2D eigenvalue weighted by Gasteiger charge is -2.11. The molecule has 1 rings (SSSR count). The van der Waals surface area contributed by atoms with E-state index < -0.39 is 0 Å². The summed E-state index contributed by atoms with van der Waals surface area (Å²) in [5, 5.41) is 0. The number of rotatable bonds is 9. The molecular formula is C16H26OS. The zero-order chi connectivity index (χ0) is 13.2. The van der Waals surface area contributed by atoms with Crippen molar-refractivity contribution in [1.29, 1.82) is 0 Å². The molecule has 0 heterocycles. The summed E-state index contributed by atoms with van der Waals surface area (Å²) >= 11 is 4.28. The van der Waals surface area contributed by atoms with Crippen LogP contribution in [0.1, 0.15) is 57.4 Å². The second-order valence-electron chi connectivity index (χ2n) is 4.89. The van der Waals surface area contributed by atoms with E-state index in [0.717, 1.165) is 31.0 Å². The first-order valence-electron chi connectivity index (χ1n) is 7.11. The van der Waals surface area contributed by atoms with Crippen molar-refractivity contribution in [2.24, 2.45) is 0 Å². The Hall–Kier alpha value is -0.630. The molecule has 1 nitrogen and oxygen atoms in total. The Labute approximate surface area is 117 Å². The first-order chi connectivity index (χ1) is 8.77. The molecule has 0 saturated heterocycles. The van der Waals surface area contributed by atoms with Crippen molar-refractivity contribution in [2.45, 2.75) is 51.9 Å². The molecule has 1 unspecified atom stereocenters. The predicted octanol–water partition coefficient (Wildman–Crippen LogP) is 5.07. The summed E-state index contributed by atoms with van der Waals surface area (Å²) < 4.78 is 5.73. The van der Waals surface area contributed by atoms with E-state index in [4.69, 9.17) is 4.74 Å². The molecule has 1 atom stereocenters. The van der Waals surface area contributed by atoms with Crippen LogP contribution in [0.5, 0.6) is 5.75 Å². The van der Waals surface area contributed by atoms with Gasteiger partial charge in [-0.2, -0.15) is 12.6 Å². The highest BCUT2D eigenvalue weighted by Gasteiger charge is 2.04. The lowest BCUT2D eigenvalue weighted by Crippen LogP contribution is -1.98. The summed E-state index contributed by atoms with van der Waals surface area (Å²) in [5.41, 5.74) is 1.38. The van der Waals surface area contributed by atoms with Gasteiger partial charge in [0.25, 0.3) is 0 Å². The molecule has 0 aliphatic rings. The van der Waals surface area contributed by atoms with E-state index in [1.807, 2.05) is 0 Å². The smallest absolute Gasteiger partial charge is 0.119 e. The lowest BCUT2D eigenvalue weighted by atomic mass is 9.99. The van der Waals surface area contributed by atoms with Crippen LogP contribution in [0.15, 0.2) is 24.3 Å². The number of ether oxygens (including phenoxy) is 1. The number of benzene rings is 1. The molecule has 0 N–H and O–H groups in total. The Morgan fingerprint density at radius 3 is 2.44 bits per heavy atom. The summed E-state index contributed by atoms with van der Waals surface area (Å²) in [6.45, 7) is 5.31. The first kappa shape index (κ1) is 15.4. The van der Waals surface area contributed by atoms with Gasteiger partial charge in [-0.25, -0.2) is 0 Å². The number of hydrogen-bond donors (Lipinski definition) is 1. The zero-order valence-electron chi connectivity index (χ0n) is 11.7. The van der Waals surface area contributed by atoms with Crippen LogP contribution in [0, 0.1) is 0 Å². The summed E-state index contributed by atoms with van der Waals surface area (Å²) in [6.07, 6.45) is 6.14. The molecule has 0 aliphatic carbocycles. The quantitative estimate of drug-likeness (QED) is 0.485. The molecule has 102 valence electrons. The van der Waals surface area contributed by atoms with Crippen molar-refractivity contribution >= 4 is 12.6 Å². The molecule has 0 radical (unpaired) electrons. The van der Waals surface area contributed by atoms with Gasteiger partial charge in [-0.1, -0.05) is 45.2 Å². The maximum Gasteiger partial charge on any atom is 0.119 e. The highest BCUT2D eigenvalue weighted by molar-refractivity contribution is 7.80. The third-order valence-electron chi connectivity index (χ3n) is 3.28. The minimum absolute atomic E-state index is 0.584. The molecule has 1 aromatic rings. The summed E-state index contributed by atoms with van der Waals surface area (Å²) in [5.74, 6) is 2.52. The van der Waals surface area contributed by atoms with Crippen molar-refractivity contribution in [1.82, 2.24) is 0 Å². The van der Waals surface area contributed by atoms with E-state index >= 15 is 0 Å². The van der Waals surface area contributed by atoms with E-state index in [-0.39, 0.29) is 0 Å². The van der Waals surface area contributed by atoms with E-state index in [0.29, 0.717) is 5.92 Å². The van der Waals surface area contributed by atoms with E-state index in [1.54, 1.807) is 0 Å². The largest absolute Gasteiger partial charge is 0.494 e. The van der Waals surface area contributed by atoms with Crippen molar-refractivity contribution < 1.29 is 4.74 Å². The van der Waals surface area contributed by atoms with Crippen molar-refractivity contribution in [2.75, 3.05) is 12.4 Å². The van der Waals surface area contributed by atoms with Gasteiger partial charge in [0, 0.05) is 0 Å².